The summed E-state index contributed by atoms with van der Waals surface area (Å²) in [4.78, 5) is 26.9. The van der Waals surface area contributed by atoms with Crippen LogP contribution < -0.4 is 4.90 Å². The summed E-state index contributed by atoms with van der Waals surface area (Å²) in [7, 11) is 3.94. The van der Waals surface area contributed by atoms with Gasteiger partial charge in [0.1, 0.15) is 6.10 Å². The molecule has 5 atom stereocenters. The fourth-order valence-electron chi connectivity index (χ4n) is 4.43. The lowest BCUT2D eigenvalue weighted by Gasteiger charge is -2.24. The number of fused-ring (bicyclic) bond motifs is 1. The first-order valence-electron chi connectivity index (χ1n) is 11.7. The van der Waals surface area contributed by atoms with Gasteiger partial charge in [0.15, 0.2) is 0 Å². The molecule has 1 aliphatic carbocycles. The molecule has 1 fully saturated rings. The molecule has 0 amide bonds. The maximum atomic E-state index is 12.6. The van der Waals surface area contributed by atoms with Gasteiger partial charge in [-0.3, -0.25) is 0 Å². The van der Waals surface area contributed by atoms with E-state index in [0.29, 0.717) is 12.8 Å². The van der Waals surface area contributed by atoms with Crippen molar-refractivity contribution in [2.75, 3.05) is 19.0 Å². The minimum absolute atomic E-state index is 0.0826. The van der Waals surface area contributed by atoms with Crippen LogP contribution in [0.25, 0.3) is 6.08 Å². The quantitative estimate of drug-likeness (QED) is 0.416. The zero-order valence-corrected chi connectivity index (χ0v) is 19.7. The minimum atomic E-state index is -0.631. The molecule has 0 unspecified atom stereocenters. The van der Waals surface area contributed by atoms with Crippen LogP contribution in [0.15, 0.2) is 54.6 Å². The molecule has 0 bridgehead atoms. The van der Waals surface area contributed by atoms with Crippen LogP contribution in [0, 0.1) is 11.8 Å². The number of aliphatic hydroxyl groups excluding tert-OH is 1. The Balaban J connectivity index is 1.75. The van der Waals surface area contributed by atoms with E-state index >= 15 is 0 Å². The van der Waals surface area contributed by atoms with Crippen LogP contribution in [0.1, 0.15) is 44.6 Å². The monoisotopic (exact) mass is 453 g/mol. The number of esters is 2. The number of carbonyl (C=O) groups excluding carboxylic acids is 2. The van der Waals surface area contributed by atoms with Gasteiger partial charge in [0.05, 0.1) is 12.2 Å². The average Bonchev–Trinajstić information content (AvgIpc) is 3.15. The first kappa shape index (κ1) is 24.8. The van der Waals surface area contributed by atoms with E-state index in [4.69, 9.17) is 9.47 Å². The molecule has 1 aromatic rings. The predicted octanol–water partition coefficient (Wildman–Crippen LogP) is 4.29. The fourth-order valence-corrected chi connectivity index (χ4v) is 4.43. The Hall–Kier alpha value is -2.86. The first-order valence-corrected chi connectivity index (χ1v) is 11.7. The van der Waals surface area contributed by atoms with E-state index in [1.54, 1.807) is 12.2 Å². The second-order valence-corrected chi connectivity index (χ2v) is 9.14. The van der Waals surface area contributed by atoms with Crippen molar-refractivity contribution < 1.29 is 24.2 Å². The molecule has 178 valence electrons. The molecule has 1 aromatic carbocycles. The third-order valence-electron chi connectivity index (χ3n) is 6.24. The van der Waals surface area contributed by atoms with Crippen molar-refractivity contribution in [3.63, 3.8) is 0 Å². The van der Waals surface area contributed by atoms with Crippen molar-refractivity contribution in [3.8, 4) is 0 Å². The molecule has 0 radical (unpaired) electrons. The molecular formula is C27H35NO5. The molecule has 33 heavy (non-hydrogen) atoms. The number of hydrogen-bond donors (Lipinski definition) is 1. The van der Waals surface area contributed by atoms with Crippen molar-refractivity contribution in [2.45, 2.75) is 57.3 Å². The van der Waals surface area contributed by atoms with Gasteiger partial charge >= 0.3 is 11.9 Å². The van der Waals surface area contributed by atoms with Gasteiger partial charge in [-0.05, 0) is 74.8 Å². The first-order chi connectivity index (χ1) is 15.8. The van der Waals surface area contributed by atoms with Gasteiger partial charge < -0.3 is 19.5 Å². The predicted molar refractivity (Wildman–Crippen MR) is 130 cm³/mol. The van der Waals surface area contributed by atoms with E-state index in [-0.39, 0.29) is 17.9 Å². The largest absolute Gasteiger partial charge is 0.460 e. The highest BCUT2D eigenvalue weighted by molar-refractivity contribution is 5.87. The lowest BCUT2D eigenvalue weighted by atomic mass is 9.89. The highest BCUT2D eigenvalue weighted by atomic mass is 16.5. The Morgan fingerprint density at radius 1 is 1.18 bits per heavy atom. The van der Waals surface area contributed by atoms with Gasteiger partial charge in [0, 0.05) is 37.9 Å². The van der Waals surface area contributed by atoms with E-state index < -0.39 is 24.1 Å². The summed E-state index contributed by atoms with van der Waals surface area (Å²) < 4.78 is 11.2. The fraction of sp³-hybridized carbons (Fsp3) is 0.481. The van der Waals surface area contributed by atoms with Gasteiger partial charge in [-0.1, -0.05) is 24.3 Å². The topological polar surface area (TPSA) is 76.1 Å². The Kier molecular flexibility index (Phi) is 8.89. The van der Waals surface area contributed by atoms with Gasteiger partial charge in [-0.2, -0.15) is 0 Å². The Labute approximate surface area is 196 Å². The summed E-state index contributed by atoms with van der Waals surface area (Å²) in [6.45, 7) is 1.88. The number of nitrogens with zero attached hydrogens (tertiary/aromatic N) is 1. The summed E-state index contributed by atoms with van der Waals surface area (Å²) >= 11 is 0. The molecule has 6 heteroatoms. The lowest BCUT2D eigenvalue weighted by Crippen LogP contribution is -2.27. The van der Waals surface area contributed by atoms with Crippen LogP contribution in [-0.4, -0.2) is 49.5 Å². The van der Waals surface area contributed by atoms with Crippen LogP contribution in [-0.2, 0) is 19.1 Å². The maximum absolute atomic E-state index is 12.6. The molecule has 0 aromatic heterocycles. The van der Waals surface area contributed by atoms with Gasteiger partial charge in [-0.25, -0.2) is 9.59 Å². The van der Waals surface area contributed by atoms with E-state index in [2.05, 4.69) is 12.2 Å². The second kappa shape index (κ2) is 11.8. The number of aliphatic hydroxyl groups is 1. The summed E-state index contributed by atoms with van der Waals surface area (Å²) in [5.74, 6) is -0.951. The van der Waals surface area contributed by atoms with Gasteiger partial charge in [0.2, 0.25) is 0 Å². The summed E-state index contributed by atoms with van der Waals surface area (Å²) in [5.41, 5.74) is 1.96. The molecule has 0 saturated heterocycles. The van der Waals surface area contributed by atoms with Crippen LogP contribution in [0.2, 0.25) is 0 Å². The third-order valence-corrected chi connectivity index (χ3v) is 6.24. The average molecular weight is 454 g/mol. The molecule has 1 N–H and O–H groups in total. The Bertz CT molecular complexity index is 886. The number of anilines is 1. The molecule has 0 spiro atoms. The number of allylic oxidation sites excluding steroid dienone is 2. The highest BCUT2D eigenvalue weighted by Crippen LogP contribution is 2.37. The zero-order chi connectivity index (χ0) is 23.8. The summed E-state index contributed by atoms with van der Waals surface area (Å²) in [6, 6.07) is 7.83. The standard InChI is InChI=1S/C27H35NO5/c1-19-7-5-4-6-8-21-17-23(29)18-24(21)25(14-16-26(30)32-19)33-27(31)15-11-20-9-12-22(13-10-20)28(2)3/h6,8-16,19,21,23-25,29H,4-5,7,17-18H2,1-3H3/b8-6+,15-11+,16-14?/t19-,21+,23-,24+,25+/m0/s1. The van der Waals surface area contributed by atoms with Crippen LogP contribution in [0.5, 0.6) is 0 Å². The van der Waals surface area contributed by atoms with Crippen molar-refractivity contribution in [3.05, 3.63) is 60.2 Å². The summed E-state index contributed by atoms with van der Waals surface area (Å²) in [6.07, 6.45) is 12.8. The number of benzene rings is 1. The number of hydrogen-bond acceptors (Lipinski definition) is 6. The van der Waals surface area contributed by atoms with E-state index in [9.17, 15) is 14.7 Å². The number of rotatable bonds is 4. The normalized spacial score (nSPS) is 29.3. The van der Waals surface area contributed by atoms with Crippen molar-refractivity contribution in [1.82, 2.24) is 0 Å². The van der Waals surface area contributed by atoms with Gasteiger partial charge in [-0.15, -0.1) is 0 Å². The van der Waals surface area contributed by atoms with Crippen molar-refractivity contribution >= 4 is 23.7 Å². The molecular weight excluding hydrogens is 418 g/mol. The van der Waals surface area contributed by atoms with Gasteiger partial charge in [0.25, 0.3) is 0 Å². The molecule has 3 rings (SSSR count). The number of carbonyl (C=O) groups is 2. The highest BCUT2D eigenvalue weighted by Gasteiger charge is 2.38. The Morgan fingerprint density at radius 3 is 2.67 bits per heavy atom. The van der Waals surface area contributed by atoms with Crippen LogP contribution in [0.4, 0.5) is 5.69 Å². The zero-order valence-electron chi connectivity index (χ0n) is 19.7. The van der Waals surface area contributed by atoms with Crippen molar-refractivity contribution in [1.29, 1.82) is 0 Å². The number of ether oxygens (including phenoxy) is 2. The molecule has 1 aliphatic heterocycles. The van der Waals surface area contributed by atoms with Crippen molar-refractivity contribution in [2.24, 2.45) is 11.8 Å². The minimum Gasteiger partial charge on any atom is -0.460 e. The smallest absolute Gasteiger partial charge is 0.331 e. The van der Waals surface area contributed by atoms with E-state index in [0.717, 1.165) is 30.5 Å². The molecule has 2 aliphatic rings. The molecule has 1 saturated carbocycles. The third kappa shape index (κ3) is 7.60. The lowest BCUT2D eigenvalue weighted by molar-refractivity contribution is -0.145. The molecule has 1 heterocycles. The molecule has 6 nitrogen and oxygen atoms in total. The SMILES string of the molecule is C[C@H]1CCC/C=C/[C@@H]2C[C@H](O)C[C@H]2[C@H](OC(=O)/C=C/c2ccc(N(C)C)cc2)C=CC(=O)O1. The summed E-state index contributed by atoms with van der Waals surface area (Å²) in [5, 5.41) is 10.3. The van der Waals surface area contributed by atoms with Crippen LogP contribution >= 0.6 is 0 Å². The van der Waals surface area contributed by atoms with E-state index in [1.807, 2.05) is 50.2 Å². The van der Waals surface area contributed by atoms with Crippen LogP contribution in [0.3, 0.4) is 0 Å². The number of cyclic esters (lactones) is 1. The Morgan fingerprint density at radius 2 is 1.94 bits per heavy atom. The second-order valence-electron chi connectivity index (χ2n) is 9.14. The van der Waals surface area contributed by atoms with E-state index in [1.165, 1.54) is 12.2 Å². The maximum Gasteiger partial charge on any atom is 0.331 e.